The molecular formula is C61H86Cl6N4O16. The molecule has 0 radical (unpaired) electrons. The van der Waals surface area contributed by atoms with E-state index in [-0.39, 0.29) is 57.2 Å². The molecular weight excluding hydrogens is 1260 g/mol. The van der Waals surface area contributed by atoms with E-state index in [9.17, 15) is 53.1 Å². The van der Waals surface area contributed by atoms with Crippen molar-refractivity contribution < 1.29 is 76.7 Å². The summed E-state index contributed by atoms with van der Waals surface area (Å²) in [4.78, 5) is 126. The second kappa shape index (κ2) is 36.5. The van der Waals surface area contributed by atoms with Crippen LogP contribution < -0.4 is 10.6 Å². The van der Waals surface area contributed by atoms with Crippen molar-refractivity contribution in [1.82, 2.24) is 20.4 Å². The Balaban J connectivity index is 0.000000480. The molecule has 0 unspecified atom stereocenters. The lowest BCUT2D eigenvalue weighted by atomic mass is 9.96. The summed E-state index contributed by atoms with van der Waals surface area (Å²) < 4.78 is 22.4. The van der Waals surface area contributed by atoms with Gasteiger partial charge in [0, 0.05) is 44.4 Å². The van der Waals surface area contributed by atoms with Gasteiger partial charge in [0.2, 0.25) is 31.2 Å². The monoisotopic (exact) mass is 1340 g/mol. The van der Waals surface area contributed by atoms with E-state index in [0.29, 0.717) is 58.0 Å². The number of likely N-dealkylation sites (tertiary alicyclic amines) is 2. The number of carbonyl (C=O) groups is 10. The number of carboxylic acids is 1. The molecule has 4 rings (SSSR count). The van der Waals surface area contributed by atoms with Crippen LogP contribution in [-0.2, 0) is 79.7 Å². The summed E-state index contributed by atoms with van der Waals surface area (Å²) in [5, 5.41) is 14.0. The van der Waals surface area contributed by atoms with Crippen LogP contribution in [0, 0.1) is 29.6 Å². The summed E-state index contributed by atoms with van der Waals surface area (Å²) in [5.41, 5.74) is 0.0753. The number of aryl methyl sites for hydroxylation is 2. The Hall–Kier alpha value is -5.12. The molecule has 2 aliphatic heterocycles. The number of alkyl carbamates (subject to hydrolysis) is 1. The smallest absolute Gasteiger partial charge is 0.408 e. The highest BCUT2D eigenvalue weighted by atomic mass is 35.6. The molecule has 87 heavy (non-hydrogen) atoms. The van der Waals surface area contributed by atoms with Gasteiger partial charge in [0.1, 0.15) is 36.1 Å². The molecule has 0 spiro atoms. The van der Waals surface area contributed by atoms with Gasteiger partial charge in [0.15, 0.2) is 0 Å². The zero-order chi connectivity index (χ0) is 66.1. The zero-order valence-corrected chi connectivity index (χ0v) is 56.0. The number of carboxylic acid groups (broad SMARTS) is 1. The Morgan fingerprint density at radius 3 is 1.34 bits per heavy atom. The highest BCUT2D eigenvalue weighted by Gasteiger charge is 2.36. The predicted molar refractivity (Wildman–Crippen MR) is 332 cm³/mol. The summed E-state index contributed by atoms with van der Waals surface area (Å²) in [7, 11) is 0. The molecule has 0 bridgehead atoms. The predicted octanol–water partition coefficient (Wildman–Crippen LogP) is 10.9. The van der Waals surface area contributed by atoms with Gasteiger partial charge in [-0.1, -0.05) is 144 Å². The molecule has 0 aromatic heterocycles. The van der Waals surface area contributed by atoms with E-state index >= 15 is 0 Å². The average Bonchev–Trinajstić information content (AvgIpc) is 2.70. The maximum absolute atomic E-state index is 13.0. The number of nitrogens with zero attached hydrogens (tertiary/aromatic N) is 2. The van der Waals surface area contributed by atoms with Crippen molar-refractivity contribution in [1.29, 1.82) is 0 Å². The van der Waals surface area contributed by atoms with Crippen molar-refractivity contribution >= 4 is 129 Å². The van der Waals surface area contributed by atoms with E-state index in [0.717, 1.165) is 11.1 Å². The van der Waals surface area contributed by atoms with Crippen molar-refractivity contribution in [3.8, 4) is 0 Å². The SMILES string of the molecule is CC(C)(C)OC(=O)C[C@@H](CCc1ccccc1)C(=O)O.C[C@H](CC(=O)NC(=O)[C@H](CCc1ccccc1)NC(=O)OC(C)(C)C)C(=O)N1CCC[C@@H](C(=O)OCC(Cl)(Cl)Cl)C1.C[C@H](CC(=O)OC(C)(C)C)C(=O)N1CCC[C@@H](C(=O)OCC(Cl)(Cl)Cl)C1. The normalized spacial score (nSPS) is 16.9. The highest BCUT2D eigenvalue weighted by Crippen LogP contribution is 2.30. The average molecular weight is 1340 g/mol. The van der Waals surface area contributed by atoms with E-state index < -0.39 is 114 Å². The van der Waals surface area contributed by atoms with Crippen molar-refractivity contribution in [2.45, 2.75) is 177 Å². The third kappa shape index (κ3) is 35.0. The van der Waals surface area contributed by atoms with Crippen LogP contribution in [0.25, 0.3) is 0 Å². The van der Waals surface area contributed by atoms with E-state index in [1.807, 2.05) is 60.7 Å². The minimum atomic E-state index is -1.73. The number of amides is 5. The lowest BCUT2D eigenvalue weighted by Gasteiger charge is -2.33. The van der Waals surface area contributed by atoms with Gasteiger partial charge < -0.3 is 43.9 Å². The van der Waals surface area contributed by atoms with Crippen molar-refractivity contribution in [2.24, 2.45) is 29.6 Å². The van der Waals surface area contributed by atoms with Gasteiger partial charge in [-0.05, 0) is 125 Å². The van der Waals surface area contributed by atoms with Gasteiger partial charge in [-0.3, -0.25) is 48.5 Å². The Kier molecular flexibility index (Phi) is 32.7. The van der Waals surface area contributed by atoms with Crippen molar-refractivity contribution in [3.05, 3.63) is 71.8 Å². The van der Waals surface area contributed by atoms with Crippen LogP contribution in [0.3, 0.4) is 0 Å². The second-order valence-electron chi connectivity index (χ2n) is 24.5. The van der Waals surface area contributed by atoms with Crippen LogP contribution in [-0.4, -0.2) is 144 Å². The highest BCUT2D eigenvalue weighted by molar-refractivity contribution is 6.68. The Morgan fingerprint density at radius 1 is 0.563 bits per heavy atom. The van der Waals surface area contributed by atoms with Crippen LogP contribution >= 0.6 is 69.6 Å². The molecule has 5 amide bonds. The molecule has 488 valence electrons. The van der Waals surface area contributed by atoms with Crippen LogP contribution in [0.2, 0.25) is 0 Å². The fourth-order valence-corrected chi connectivity index (χ4v) is 9.15. The lowest BCUT2D eigenvalue weighted by Crippen LogP contribution is -2.50. The fraction of sp³-hybridized carbons (Fsp3) is 0.639. The Morgan fingerprint density at radius 2 is 0.954 bits per heavy atom. The molecule has 2 aromatic rings. The quantitative estimate of drug-likeness (QED) is 0.0596. The molecule has 2 aromatic carbocycles. The maximum Gasteiger partial charge on any atom is 0.408 e. The zero-order valence-electron chi connectivity index (χ0n) is 51.5. The lowest BCUT2D eigenvalue weighted by molar-refractivity contribution is -0.160. The van der Waals surface area contributed by atoms with Crippen molar-refractivity contribution in [2.75, 3.05) is 39.4 Å². The molecule has 2 saturated heterocycles. The molecule has 2 fully saturated rings. The molecule has 6 atom stereocenters. The number of hydrogen-bond acceptors (Lipinski definition) is 15. The maximum atomic E-state index is 13.0. The molecule has 0 saturated carbocycles. The molecule has 20 nitrogen and oxygen atoms in total. The minimum Gasteiger partial charge on any atom is -0.481 e. The number of piperidine rings is 2. The fourth-order valence-electron chi connectivity index (χ4n) is 8.82. The second-order valence-corrected chi connectivity index (χ2v) is 29.5. The Labute approximate surface area is 541 Å². The van der Waals surface area contributed by atoms with Gasteiger partial charge in [0.05, 0.1) is 30.6 Å². The minimum absolute atomic E-state index is 0.00498. The topological polar surface area (TPSA) is 268 Å². The third-order valence-corrected chi connectivity index (χ3v) is 13.4. The third-order valence-electron chi connectivity index (χ3n) is 12.8. The van der Waals surface area contributed by atoms with Crippen LogP contribution in [0.15, 0.2) is 60.7 Å². The first-order chi connectivity index (χ1) is 40.1. The molecule has 2 aliphatic rings. The van der Waals surface area contributed by atoms with E-state index in [1.54, 1.807) is 81.1 Å². The summed E-state index contributed by atoms with van der Waals surface area (Å²) >= 11 is 33.6. The van der Waals surface area contributed by atoms with Gasteiger partial charge in [-0.2, -0.15) is 0 Å². The summed E-state index contributed by atoms with van der Waals surface area (Å²) in [6.07, 6.45) is 2.97. The Bertz CT molecular complexity index is 2580. The van der Waals surface area contributed by atoms with Gasteiger partial charge in [-0.25, -0.2) is 4.79 Å². The number of benzene rings is 2. The largest absolute Gasteiger partial charge is 0.481 e. The van der Waals surface area contributed by atoms with E-state index in [1.165, 1.54) is 4.90 Å². The van der Waals surface area contributed by atoms with Crippen LogP contribution in [0.1, 0.15) is 145 Å². The number of hydrogen-bond donors (Lipinski definition) is 3. The van der Waals surface area contributed by atoms with Crippen LogP contribution in [0.4, 0.5) is 4.79 Å². The first-order valence-electron chi connectivity index (χ1n) is 28.7. The first kappa shape index (κ1) is 78.0. The number of halogens is 6. The first-order valence-corrected chi connectivity index (χ1v) is 31.0. The number of alkyl halides is 6. The number of carbonyl (C=O) groups excluding carboxylic acids is 9. The standard InChI is InChI=1S/C28H38Cl3N3O7.C17H26Cl3NO5.C16H22O4/c1-18(24(37)34-14-8-11-20(16-34)25(38)40-17-28(29,30)31)15-22(35)33-23(36)21(32-26(39)41-27(2,3)4)13-12-19-9-6-5-7-10-19;1-11(8-13(22)26-16(2,3)4)14(23)21-7-5-6-12(9-21)15(24)25-10-17(18,19)20;1-16(2,3)20-14(17)11-13(15(18)19)10-9-12-7-5-4-6-8-12/h5-7,9-10,18,20-21H,8,11-17H2,1-4H3,(H,32,39)(H,33,35,36);11-12H,5-10H2,1-4H3;4-8,13H,9-11H2,1-3H3,(H,18,19)/t18-,20-,21+;11-,12-;13-/m111/s1. The van der Waals surface area contributed by atoms with Gasteiger partial charge in [-0.15, -0.1) is 0 Å². The molecule has 26 heteroatoms. The molecule has 3 N–H and O–H groups in total. The number of ether oxygens (including phenoxy) is 5. The van der Waals surface area contributed by atoms with Crippen LogP contribution in [0.5, 0.6) is 0 Å². The summed E-state index contributed by atoms with van der Waals surface area (Å²) in [6, 6.07) is 18.0. The van der Waals surface area contributed by atoms with Crippen molar-refractivity contribution in [3.63, 3.8) is 0 Å². The number of imide groups is 1. The molecule has 0 aliphatic carbocycles. The van der Waals surface area contributed by atoms with Gasteiger partial charge in [0.25, 0.3) is 0 Å². The van der Waals surface area contributed by atoms with Gasteiger partial charge >= 0.3 is 35.9 Å². The molecule has 2 heterocycles. The summed E-state index contributed by atoms with van der Waals surface area (Å²) in [6.45, 7) is 19.5. The summed E-state index contributed by atoms with van der Waals surface area (Å²) in [5.74, 6) is -7.81. The number of rotatable bonds is 21. The number of aliphatic carboxylic acids is 1. The van der Waals surface area contributed by atoms with E-state index in [2.05, 4.69) is 10.6 Å². The number of esters is 4. The van der Waals surface area contributed by atoms with E-state index in [4.69, 9.17) is 93.3 Å². The number of nitrogens with one attached hydrogen (secondary N) is 2.